The van der Waals surface area contributed by atoms with Gasteiger partial charge in [0.25, 0.3) is 5.56 Å². The molecule has 27 heavy (non-hydrogen) atoms. The Hall–Kier alpha value is -2.03. The molecule has 0 radical (unpaired) electrons. The Morgan fingerprint density at radius 2 is 1.96 bits per heavy atom. The van der Waals surface area contributed by atoms with E-state index in [4.69, 9.17) is 0 Å². The molecule has 1 amide bonds. The summed E-state index contributed by atoms with van der Waals surface area (Å²) in [6.07, 6.45) is 1.49. The van der Waals surface area contributed by atoms with Crippen LogP contribution in [-0.2, 0) is 11.3 Å². The van der Waals surface area contributed by atoms with Crippen LogP contribution in [-0.4, -0.2) is 53.6 Å². The lowest BCUT2D eigenvalue weighted by Gasteiger charge is -2.30. The van der Waals surface area contributed by atoms with E-state index in [9.17, 15) is 9.59 Å². The van der Waals surface area contributed by atoms with Gasteiger partial charge in [-0.25, -0.2) is 4.98 Å². The number of carbonyl (C=O) groups is 1. The van der Waals surface area contributed by atoms with Gasteiger partial charge in [-0.15, -0.1) is 11.3 Å². The Morgan fingerprint density at radius 1 is 1.26 bits per heavy atom. The van der Waals surface area contributed by atoms with Crippen LogP contribution in [0.1, 0.15) is 0 Å². The summed E-state index contributed by atoms with van der Waals surface area (Å²) in [5, 5.41) is 2.54. The van der Waals surface area contributed by atoms with Gasteiger partial charge in [0.05, 0.1) is 44.9 Å². The first kappa shape index (κ1) is 18.3. The largest absolute Gasteiger partial charge is 0.334 e. The fraction of sp³-hybridized carbons (Fsp3) is 0.316. The molecule has 0 atom stereocenters. The van der Waals surface area contributed by atoms with Crippen LogP contribution in [0.2, 0.25) is 0 Å². The summed E-state index contributed by atoms with van der Waals surface area (Å²) in [5.41, 5.74) is 1.67. The highest BCUT2D eigenvalue weighted by molar-refractivity contribution is 9.10. The first-order valence-electron chi connectivity index (χ1n) is 8.84. The molecule has 0 saturated carbocycles. The van der Waals surface area contributed by atoms with Gasteiger partial charge in [-0.1, -0.05) is 28.1 Å². The number of hydrogen-bond donors (Lipinski definition) is 1. The smallest absolute Gasteiger partial charge is 0.263 e. The highest BCUT2D eigenvalue weighted by Gasteiger charge is 2.22. The van der Waals surface area contributed by atoms with Gasteiger partial charge in [0.15, 0.2) is 0 Å². The van der Waals surface area contributed by atoms with Crippen LogP contribution in [0.4, 0.5) is 0 Å². The van der Waals surface area contributed by atoms with Crippen LogP contribution < -0.4 is 10.5 Å². The van der Waals surface area contributed by atoms with E-state index in [-0.39, 0.29) is 18.0 Å². The SMILES string of the molecule is C[NH+]1CCN(C(=O)Cn2cnc3scc(-c4ccc(Br)cc4)c3c2=O)CC1. The zero-order valence-corrected chi connectivity index (χ0v) is 17.3. The molecule has 4 rings (SSSR count). The zero-order valence-electron chi connectivity index (χ0n) is 14.9. The maximum atomic E-state index is 13.1. The fourth-order valence-electron chi connectivity index (χ4n) is 3.31. The van der Waals surface area contributed by atoms with Crippen molar-refractivity contribution >= 4 is 43.4 Å². The van der Waals surface area contributed by atoms with Crippen molar-refractivity contribution in [3.05, 3.63) is 50.8 Å². The molecule has 0 bridgehead atoms. The predicted molar refractivity (Wildman–Crippen MR) is 110 cm³/mol. The van der Waals surface area contributed by atoms with E-state index in [1.165, 1.54) is 27.1 Å². The van der Waals surface area contributed by atoms with E-state index < -0.39 is 0 Å². The van der Waals surface area contributed by atoms with Gasteiger partial charge in [0.2, 0.25) is 5.91 Å². The van der Waals surface area contributed by atoms with E-state index in [1.54, 1.807) is 0 Å². The predicted octanol–water partition coefficient (Wildman–Crippen LogP) is 1.24. The molecule has 0 spiro atoms. The third-order valence-electron chi connectivity index (χ3n) is 4.99. The van der Waals surface area contributed by atoms with Gasteiger partial charge >= 0.3 is 0 Å². The molecule has 1 aromatic carbocycles. The van der Waals surface area contributed by atoms with Crippen molar-refractivity contribution in [3.8, 4) is 11.1 Å². The van der Waals surface area contributed by atoms with E-state index in [0.717, 1.165) is 41.8 Å². The Kier molecular flexibility index (Phi) is 5.12. The number of rotatable bonds is 3. The lowest BCUT2D eigenvalue weighted by Crippen LogP contribution is -3.12. The minimum atomic E-state index is -0.160. The zero-order chi connectivity index (χ0) is 19.0. The Labute approximate surface area is 169 Å². The Balaban J connectivity index is 1.65. The lowest BCUT2D eigenvalue weighted by molar-refractivity contribution is -0.883. The first-order valence-corrected chi connectivity index (χ1v) is 10.5. The summed E-state index contributed by atoms with van der Waals surface area (Å²) < 4.78 is 2.42. The second-order valence-corrected chi connectivity index (χ2v) is 8.63. The van der Waals surface area contributed by atoms with Crippen molar-refractivity contribution < 1.29 is 9.69 Å². The minimum absolute atomic E-state index is 0.0221. The summed E-state index contributed by atoms with van der Waals surface area (Å²) in [5.74, 6) is -0.0221. The van der Waals surface area contributed by atoms with Crippen LogP contribution in [0.5, 0.6) is 0 Å². The molecule has 0 aliphatic carbocycles. The number of nitrogens with one attached hydrogen (secondary N) is 1. The van der Waals surface area contributed by atoms with E-state index in [0.29, 0.717) is 10.2 Å². The average Bonchev–Trinajstić information content (AvgIpc) is 3.10. The summed E-state index contributed by atoms with van der Waals surface area (Å²) in [4.78, 5) is 34.1. The van der Waals surface area contributed by atoms with Gasteiger partial charge in [-0.3, -0.25) is 14.2 Å². The normalized spacial score (nSPS) is 15.4. The van der Waals surface area contributed by atoms with Crippen molar-refractivity contribution in [2.24, 2.45) is 0 Å². The second kappa shape index (κ2) is 7.53. The maximum Gasteiger partial charge on any atom is 0.263 e. The van der Waals surface area contributed by atoms with E-state index in [2.05, 4.69) is 28.0 Å². The number of thiophene rings is 1. The standard InChI is InChI=1S/C19H19BrN4O2S/c1-22-6-8-23(9-7-22)16(25)10-24-12-21-18-17(19(24)26)15(11-27-18)13-2-4-14(20)5-3-13/h2-5,11-12H,6-10H2,1H3/p+1. The second-order valence-electron chi connectivity index (χ2n) is 6.85. The lowest BCUT2D eigenvalue weighted by atomic mass is 10.1. The molecule has 1 aliphatic rings. The molecule has 1 N–H and O–H groups in total. The number of carbonyl (C=O) groups excluding carboxylic acids is 1. The fourth-order valence-corrected chi connectivity index (χ4v) is 4.48. The number of amides is 1. The first-order chi connectivity index (χ1) is 13.0. The molecule has 140 valence electrons. The Morgan fingerprint density at radius 3 is 2.67 bits per heavy atom. The molecule has 1 fully saturated rings. The monoisotopic (exact) mass is 447 g/mol. The van der Waals surface area contributed by atoms with Crippen molar-refractivity contribution in [2.75, 3.05) is 33.2 Å². The van der Waals surface area contributed by atoms with Gasteiger partial charge in [-0.05, 0) is 17.7 Å². The van der Waals surface area contributed by atoms with Crippen LogP contribution in [0, 0.1) is 0 Å². The average molecular weight is 448 g/mol. The van der Waals surface area contributed by atoms with Crippen LogP contribution >= 0.6 is 27.3 Å². The van der Waals surface area contributed by atoms with Crippen LogP contribution in [0.3, 0.4) is 0 Å². The molecule has 1 aliphatic heterocycles. The highest BCUT2D eigenvalue weighted by atomic mass is 79.9. The number of hydrogen-bond acceptors (Lipinski definition) is 4. The van der Waals surface area contributed by atoms with Crippen molar-refractivity contribution in [1.29, 1.82) is 0 Å². The molecule has 2 aromatic heterocycles. The number of piperazine rings is 1. The summed E-state index contributed by atoms with van der Waals surface area (Å²) >= 11 is 4.88. The molecule has 8 heteroatoms. The topological polar surface area (TPSA) is 59.6 Å². The summed E-state index contributed by atoms with van der Waals surface area (Å²) in [6, 6.07) is 7.85. The third kappa shape index (κ3) is 3.69. The number of nitrogens with zero attached hydrogens (tertiary/aromatic N) is 3. The van der Waals surface area contributed by atoms with E-state index in [1.807, 2.05) is 34.5 Å². The van der Waals surface area contributed by atoms with Crippen molar-refractivity contribution in [1.82, 2.24) is 14.5 Å². The van der Waals surface area contributed by atoms with Gasteiger partial charge in [0, 0.05) is 15.4 Å². The van der Waals surface area contributed by atoms with Gasteiger partial charge in [-0.2, -0.15) is 0 Å². The number of likely N-dealkylation sites (N-methyl/N-ethyl adjacent to an activating group) is 1. The third-order valence-corrected chi connectivity index (χ3v) is 6.41. The molecule has 3 heterocycles. The van der Waals surface area contributed by atoms with Crippen molar-refractivity contribution in [2.45, 2.75) is 6.54 Å². The number of quaternary nitrogens is 1. The van der Waals surface area contributed by atoms with Gasteiger partial charge in [0.1, 0.15) is 11.4 Å². The number of benzene rings is 1. The highest BCUT2D eigenvalue weighted by Crippen LogP contribution is 2.31. The summed E-state index contributed by atoms with van der Waals surface area (Å²) in [6.45, 7) is 3.39. The van der Waals surface area contributed by atoms with Crippen LogP contribution in [0.15, 0.2) is 45.2 Å². The van der Waals surface area contributed by atoms with Crippen molar-refractivity contribution in [3.63, 3.8) is 0 Å². The summed E-state index contributed by atoms with van der Waals surface area (Å²) in [7, 11) is 2.13. The molecular weight excluding hydrogens is 428 g/mol. The molecule has 3 aromatic rings. The maximum absolute atomic E-state index is 13.1. The molecular formula is C19H20BrN4O2S+. The quantitative estimate of drug-likeness (QED) is 0.656. The molecule has 1 saturated heterocycles. The molecule has 0 unspecified atom stereocenters. The molecule has 6 nitrogen and oxygen atoms in total. The van der Waals surface area contributed by atoms with Crippen LogP contribution in [0.25, 0.3) is 21.3 Å². The van der Waals surface area contributed by atoms with Gasteiger partial charge < -0.3 is 9.80 Å². The minimum Gasteiger partial charge on any atom is -0.334 e. The number of fused-ring (bicyclic) bond motifs is 1. The number of aromatic nitrogens is 2. The Bertz CT molecular complexity index is 1040. The number of halogens is 1. The van der Waals surface area contributed by atoms with E-state index >= 15 is 0 Å².